The first-order valence-electron chi connectivity index (χ1n) is 9.47. The Balaban J connectivity index is 1.42. The summed E-state index contributed by atoms with van der Waals surface area (Å²) in [7, 11) is 1.65. The van der Waals surface area contributed by atoms with Crippen molar-refractivity contribution in [3.63, 3.8) is 0 Å². The van der Waals surface area contributed by atoms with Crippen LogP contribution >= 0.6 is 0 Å². The fraction of sp³-hybridized carbons (Fsp3) is 0.579. The molecule has 0 unspecified atom stereocenters. The van der Waals surface area contributed by atoms with E-state index in [1.54, 1.807) is 12.0 Å². The Kier molecular flexibility index (Phi) is 4.82. The van der Waals surface area contributed by atoms with E-state index in [0.29, 0.717) is 26.2 Å². The molecule has 2 amide bonds. The van der Waals surface area contributed by atoms with E-state index in [1.165, 1.54) is 4.80 Å². The van der Waals surface area contributed by atoms with E-state index in [0.717, 1.165) is 36.8 Å². The highest BCUT2D eigenvalue weighted by Crippen LogP contribution is 2.40. The summed E-state index contributed by atoms with van der Waals surface area (Å²) in [6, 6.07) is 7.56. The standard InChI is InChI=1S/C19H25N5O3/c1-27-12-11-22-9-4-7-19(18(22)26)8-10-23(14-19)17(25)13-24-20-15-5-2-3-6-16(15)21-24/h2-3,5-6H,4,7-14H2,1H3/t19-/m1/s1. The van der Waals surface area contributed by atoms with Gasteiger partial charge in [0.25, 0.3) is 0 Å². The maximum atomic E-state index is 13.0. The minimum absolute atomic E-state index is 0.0333. The number of carbonyl (C=O) groups excluding carboxylic acids is 2. The molecule has 2 aliphatic rings. The molecule has 1 aromatic carbocycles. The molecule has 2 aromatic rings. The number of piperidine rings is 1. The fourth-order valence-electron chi connectivity index (χ4n) is 4.23. The van der Waals surface area contributed by atoms with Crippen LogP contribution in [0.4, 0.5) is 0 Å². The first-order chi connectivity index (χ1) is 13.1. The summed E-state index contributed by atoms with van der Waals surface area (Å²) in [6.07, 6.45) is 2.56. The number of benzene rings is 1. The summed E-state index contributed by atoms with van der Waals surface area (Å²) in [4.78, 5) is 30.9. The maximum absolute atomic E-state index is 13.0. The van der Waals surface area contributed by atoms with Crippen LogP contribution in [0.15, 0.2) is 24.3 Å². The Morgan fingerprint density at radius 2 is 1.93 bits per heavy atom. The summed E-state index contributed by atoms with van der Waals surface area (Å²) in [5.74, 6) is 0.137. The van der Waals surface area contributed by atoms with E-state index in [-0.39, 0.29) is 18.4 Å². The van der Waals surface area contributed by atoms with Gasteiger partial charge in [0, 0.05) is 33.3 Å². The van der Waals surface area contributed by atoms with Gasteiger partial charge in [0.1, 0.15) is 17.6 Å². The summed E-state index contributed by atoms with van der Waals surface area (Å²) < 4.78 is 5.12. The van der Waals surface area contributed by atoms with Gasteiger partial charge in [-0.1, -0.05) is 12.1 Å². The first kappa shape index (κ1) is 17.9. The second-order valence-corrected chi connectivity index (χ2v) is 7.45. The van der Waals surface area contributed by atoms with E-state index in [9.17, 15) is 9.59 Å². The van der Waals surface area contributed by atoms with E-state index >= 15 is 0 Å². The zero-order chi connectivity index (χ0) is 18.9. The number of ether oxygens (including phenoxy) is 1. The SMILES string of the molecule is COCCN1CCC[C@]2(CCN(C(=O)Cn3nc4ccccc4n3)C2)C1=O. The third-order valence-corrected chi connectivity index (χ3v) is 5.70. The minimum atomic E-state index is -0.427. The third kappa shape index (κ3) is 3.41. The number of carbonyl (C=O) groups is 2. The van der Waals surface area contributed by atoms with Gasteiger partial charge in [0.2, 0.25) is 11.8 Å². The highest BCUT2D eigenvalue weighted by Gasteiger charge is 2.49. The summed E-state index contributed by atoms with van der Waals surface area (Å²) in [6.45, 7) is 3.16. The Bertz CT molecular complexity index is 818. The normalized spacial score (nSPS) is 22.9. The molecule has 0 bridgehead atoms. The van der Waals surface area contributed by atoms with Crippen molar-refractivity contribution >= 4 is 22.8 Å². The molecule has 2 saturated heterocycles. The van der Waals surface area contributed by atoms with Crippen LogP contribution in [-0.4, -0.2) is 76.5 Å². The molecule has 2 aliphatic heterocycles. The van der Waals surface area contributed by atoms with Gasteiger partial charge >= 0.3 is 0 Å². The van der Waals surface area contributed by atoms with Crippen LogP contribution in [0, 0.1) is 5.41 Å². The number of amides is 2. The second-order valence-electron chi connectivity index (χ2n) is 7.45. The molecule has 8 nitrogen and oxygen atoms in total. The molecule has 2 fully saturated rings. The van der Waals surface area contributed by atoms with Gasteiger partial charge in [-0.25, -0.2) is 0 Å². The van der Waals surface area contributed by atoms with E-state index in [4.69, 9.17) is 4.74 Å². The summed E-state index contributed by atoms with van der Waals surface area (Å²) in [5, 5.41) is 8.72. The minimum Gasteiger partial charge on any atom is -0.383 e. The number of nitrogens with zero attached hydrogens (tertiary/aromatic N) is 5. The average Bonchev–Trinajstić information content (AvgIpc) is 3.27. The van der Waals surface area contributed by atoms with Crippen molar-refractivity contribution in [3.05, 3.63) is 24.3 Å². The van der Waals surface area contributed by atoms with Gasteiger partial charge in [0.05, 0.1) is 12.0 Å². The van der Waals surface area contributed by atoms with Crippen LogP contribution in [0.25, 0.3) is 11.0 Å². The molecule has 1 atom stereocenters. The molecule has 8 heteroatoms. The van der Waals surface area contributed by atoms with Crippen LogP contribution in [-0.2, 0) is 20.9 Å². The van der Waals surface area contributed by atoms with Crippen LogP contribution in [0.5, 0.6) is 0 Å². The van der Waals surface area contributed by atoms with Gasteiger partial charge in [0.15, 0.2) is 0 Å². The number of hydrogen-bond donors (Lipinski definition) is 0. The topological polar surface area (TPSA) is 80.6 Å². The molecular weight excluding hydrogens is 346 g/mol. The molecular formula is C19H25N5O3. The van der Waals surface area contributed by atoms with Crippen LogP contribution < -0.4 is 0 Å². The summed E-state index contributed by atoms with van der Waals surface area (Å²) >= 11 is 0. The zero-order valence-corrected chi connectivity index (χ0v) is 15.6. The molecule has 144 valence electrons. The molecule has 4 rings (SSSR count). The number of aromatic nitrogens is 3. The monoisotopic (exact) mass is 371 g/mol. The van der Waals surface area contributed by atoms with Crippen molar-refractivity contribution in [1.29, 1.82) is 0 Å². The van der Waals surface area contributed by atoms with Crippen LogP contribution in [0.2, 0.25) is 0 Å². The number of likely N-dealkylation sites (tertiary alicyclic amines) is 2. The van der Waals surface area contributed by atoms with Crippen LogP contribution in [0.3, 0.4) is 0 Å². The Morgan fingerprint density at radius 1 is 1.19 bits per heavy atom. The first-order valence-corrected chi connectivity index (χ1v) is 9.47. The van der Waals surface area contributed by atoms with Gasteiger partial charge in [-0.15, -0.1) is 0 Å². The molecule has 1 spiro atoms. The predicted molar refractivity (Wildman–Crippen MR) is 98.8 cm³/mol. The lowest BCUT2D eigenvalue weighted by Gasteiger charge is -2.39. The van der Waals surface area contributed by atoms with Crippen molar-refractivity contribution in [2.24, 2.45) is 5.41 Å². The molecule has 27 heavy (non-hydrogen) atoms. The highest BCUT2D eigenvalue weighted by molar-refractivity contribution is 5.86. The zero-order valence-electron chi connectivity index (χ0n) is 15.6. The van der Waals surface area contributed by atoms with Crippen molar-refractivity contribution in [2.75, 3.05) is 39.9 Å². The fourth-order valence-corrected chi connectivity index (χ4v) is 4.23. The van der Waals surface area contributed by atoms with Crippen molar-refractivity contribution in [1.82, 2.24) is 24.8 Å². The van der Waals surface area contributed by atoms with Crippen LogP contribution in [0.1, 0.15) is 19.3 Å². The number of hydrogen-bond acceptors (Lipinski definition) is 5. The van der Waals surface area contributed by atoms with Gasteiger partial charge in [-0.2, -0.15) is 15.0 Å². The maximum Gasteiger partial charge on any atom is 0.246 e. The molecule has 1 aromatic heterocycles. The largest absolute Gasteiger partial charge is 0.383 e. The lowest BCUT2D eigenvalue weighted by Crippen LogP contribution is -2.51. The van der Waals surface area contributed by atoms with Gasteiger partial charge in [-0.3, -0.25) is 9.59 Å². The van der Waals surface area contributed by atoms with E-state index in [1.807, 2.05) is 29.2 Å². The Morgan fingerprint density at radius 3 is 2.63 bits per heavy atom. The predicted octanol–water partition coefficient (Wildman–Crippen LogP) is 0.919. The number of fused-ring (bicyclic) bond motifs is 1. The molecule has 0 N–H and O–H groups in total. The molecule has 0 radical (unpaired) electrons. The van der Waals surface area contributed by atoms with Crippen molar-refractivity contribution in [2.45, 2.75) is 25.8 Å². The van der Waals surface area contributed by atoms with Crippen molar-refractivity contribution in [3.8, 4) is 0 Å². The number of methoxy groups -OCH3 is 1. The molecule has 0 saturated carbocycles. The number of rotatable bonds is 5. The quantitative estimate of drug-likeness (QED) is 0.781. The Hall–Kier alpha value is -2.48. The Labute approximate surface area is 158 Å². The van der Waals surface area contributed by atoms with Crippen molar-refractivity contribution < 1.29 is 14.3 Å². The average molecular weight is 371 g/mol. The molecule has 3 heterocycles. The van der Waals surface area contributed by atoms with Gasteiger partial charge in [-0.05, 0) is 31.4 Å². The highest BCUT2D eigenvalue weighted by atomic mass is 16.5. The third-order valence-electron chi connectivity index (χ3n) is 5.70. The molecule has 0 aliphatic carbocycles. The second kappa shape index (κ2) is 7.26. The lowest BCUT2D eigenvalue weighted by atomic mass is 9.78. The smallest absolute Gasteiger partial charge is 0.246 e. The summed E-state index contributed by atoms with van der Waals surface area (Å²) in [5.41, 5.74) is 1.13. The van der Waals surface area contributed by atoms with Gasteiger partial charge < -0.3 is 14.5 Å². The van der Waals surface area contributed by atoms with E-state index in [2.05, 4.69) is 10.2 Å². The van der Waals surface area contributed by atoms with E-state index < -0.39 is 5.41 Å². The lowest BCUT2D eigenvalue weighted by molar-refractivity contribution is -0.146.